The average Bonchev–Trinajstić information content (AvgIpc) is 2.35. The van der Waals surface area contributed by atoms with Crippen LogP contribution in [0.15, 0.2) is 0 Å². The molecule has 0 bridgehead atoms. The highest BCUT2D eigenvalue weighted by atomic mass is 32.1. The van der Waals surface area contributed by atoms with E-state index in [1.54, 1.807) is 0 Å². The van der Waals surface area contributed by atoms with Crippen molar-refractivity contribution in [2.45, 2.75) is 58.9 Å². The minimum Gasteiger partial charge on any atom is -0.393 e. The second-order valence-electron chi connectivity index (χ2n) is 5.43. The van der Waals surface area contributed by atoms with Crippen LogP contribution in [0.3, 0.4) is 0 Å². The molecule has 1 fully saturated rings. The van der Waals surface area contributed by atoms with Crippen LogP contribution in [0.4, 0.5) is 0 Å². The number of amides is 1. The quantitative estimate of drug-likeness (QED) is 0.781. The summed E-state index contributed by atoms with van der Waals surface area (Å²) in [6.45, 7) is 7.26. The van der Waals surface area contributed by atoms with Crippen LogP contribution in [-0.4, -0.2) is 28.4 Å². The van der Waals surface area contributed by atoms with E-state index in [0.29, 0.717) is 16.9 Å². The molecule has 3 nitrogen and oxygen atoms in total. The number of carbonyl (C=O) groups is 1. The topological polar surface area (TPSA) is 46.3 Å². The number of hydrogen-bond acceptors (Lipinski definition) is 2. The molecular formula is C14H26N2OS. The van der Waals surface area contributed by atoms with E-state index < -0.39 is 0 Å². The van der Waals surface area contributed by atoms with Gasteiger partial charge in [-0.05, 0) is 32.1 Å². The molecule has 0 aliphatic carbocycles. The van der Waals surface area contributed by atoms with Gasteiger partial charge in [-0.15, -0.1) is 0 Å². The van der Waals surface area contributed by atoms with Crippen LogP contribution in [0.5, 0.6) is 0 Å². The van der Waals surface area contributed by atoms with E-state index >= 15 is 0 Å². The van der Waals surface area contributed by atoms with Gasteiger partial charge in [-0.25, -0.2) is 0 Å². The molecule has 3 atom stereocenters. The maximum absolute atomic E-state index is 12.6. The zero-order valence-corrected chi connectivity index (χ0v) is 12.6. The monoisotopic (exact) mass is 270 g/mol. The predicted octanol–water partition coefficient (Wildman–Crippen LogP) is 2.73. The Kier molecular flexibility index (Phi) is 6.06. The third-order valence-electron chi connectivity index (χ3n) is 4.06. The standard InChI is InChI=1S/C14H26N2OS/c1-4-6-12(13(15)18)14(17)16-9-11(5-2)8-7-10(16)3/h10-12H,4-9H2,1-3H3,(H2,15,18). The zero-order chi connectivity index (χ0) is 13.7. The molecule has 3 unspecified atom stereocenters. The molecular weight excluding hydrogens is 244 g/mol. The Morgan fingerprint density at radius 3 is 2.61 bits per heavy atom. The van der Waals surface area contributed by atoms with Crippen molar-refractivity contribution in [3.05, 3.63) is 0 Å². The molecule has 0 saturated carbocycles. The first-order chi connectivity index (χ1) is 8.51. The van der Waals surface area contributed by atoms with Crippen LogP contribution in [0.2, 0.25) is 0 Å². The molecule has 0 aromatic rings. The third kappa shape index (κ3) is 3.67. The summed E-state index contributed by atoms with van der Waals surface area (Å²) in [6, 6.07) is 0.328. The van der Waals surface area contributed by atoms with Gasteiger partial charge in [0.1, 0.15) is 0 Å². The second kappa shape index (κ2) is 7.07. The lowest BCUT2D eigenvalue weighted by Crippen LogP contribution is -2.50. The lowest BCUT2D eigenvalue weighted by Gasteiger charge is -2.39. The van der Waals surface area contributed by atoms with E-state index in [4.69, 9.17) is 18.0 Å². The Morgan fingerprint density at radius 2 is 2.11 bits per heavy atom. The number of thiocarbonyl (C=S) groups is 1. The summed E-state index contributed by atoms with van der Waals surface area (Å²) >= 11 is 5.05. The molecule has 2 N–H and O–H groups in total. The molecule has 18 heavy (non-hydrogen) atoms. The first-order valence-corrected chi connectivity index (χ1v) is 7.51. The number of nitrogens with two attached hydrogens (primary N) is 1. The molecule has 0 spiro atoms. The lowest BCUT2D eigenvalue weighted by molar-refractivity contribution is -0.138. The van der Waals surface area contributed by atoms with Crippen molar-refractivity contribution in [2.24, 2.45) is 17.6 Å². The van der Waals surface area contributed by atoms with Gasteiger partial charge in [0.05, 0.1) is 10.9 Å². The van der Waals surface area contributed by atoms with Crippen LogP contribution < -0.4 is 5.73 Å². The Hall–Kier alpha value is -0.640. The number of rotatable bonds is 5. The van der Waals surface area contributed by atoms with Crippen LogP contribution in [0.25, 0.3) is 0 Å². The van der Waals surface area contributed by atoms with Crippen LogP contribution in [0, 0.1) is 11.8 Å². The van der Waals surface area contributed by atoms with Crippen molar-refractivity contribution in [1.82, 2.24) is 4.90 Å². The van der Waals surface area contributed by atoms with Gasteiger partial charge in [0, 0.05) is 12.6 Å². The second-order valence-corrected chi connectivity index (χ2v) is 5.91. The largest absolute Gasteiger partial charge is 0.393 e. The molecule has 1 amide bonds. The average molecular weight is 270 g/mol. The minimum absolute atomic E-state index is 0.148. The van der Waals surface area contributed by atoms with Gasteiger partial charge in [-0.3, -0.25) is 4.79 Å². The molecule has 0 aromatic heterocycles. The van der Waals surface area contributed by atoms with E-state index in [1.807, 2.05) is 4.90 Å². The first-order valence-electron chi connectivity index (χ1n) is 7.11. The minimum atomic E-state index is -0.261. The Bertz CT molecular complexity index is 306. The Labute approximate surface area is 116 Å². The molecule has 1 saturated heterocycles. The van der Waals surface area contributed by atoms with Gasteiger partial charge in [0.25, 0.3) is 0 Å². The van der Waals surface area contributed by atoms with E-state index in [2.05, 4.69) is 20.8 Å². The number of piperidine rings is 1. The SMILES string of the molecule is CCCC(C(=O)N1CC(CC)CCC1C)C(N)=S. The number of hydrogen-bond donors (Lipinski definition) is 1. The number of carbonyl (C=O) groups excluding carboxylic acids is 1. The fraction of sp³-hybridized carbons (Fsp3) is 0.857. The molecule has 1 heterocycles. The molecule has 1 aliphatic rings. The zero-order valence-electron chi connectivity index (χ0n) is 11.8. The fourth-order valence-electron chi connectivity index (χ4n) is 2.70. The Morgan fingerprint density at radius 1 is 1.44 bits per heavy atom. The predicted molar refractivity (Wildman–Crippen MR) is 79.4 cm³/mol. The summed E-state index contributed by atoms with van der Waals surface area (Å²) < 4.78 is 0. The molecule has 1 rings (SSSR count). The summed E-state index contributed by atoms with van der Waals surface area (Å²) in [6.07, 6.45) is 5.18. The van der Waals surface area contributed by atoms with E-state index in [9.17, 15) is 4.79 Å². The van der Waals surface area contributed by atoms with Gasteiger partial charge >= 0.3 is 0 Å². The van der Waals surface area contributed by atoms with Crippen molar-refractivity contribution in [2.75, 3.05) is 6.54 Å². The van der Waals surface area contributed by atoms with Crippen molar-refractivity contribution >= 4 is 23.1 Å². The summed E-state index contributed by atoms with van der Waals surface area (Å²) in [4.78, 5) is 14.9. The van der Waals surface area contributed by atoms with Crippen LogP contribution in [0.1, 0.15) is 52.9 Å². The van der Waals surface area contributed by atoms with Crippen molar-refractivity contribution in [3.8, 4) is 0 Å². The normalized spacial score (nSPS) is 25.8. The molecule has 104 valence electrons. The first kappa shape index (κ1) is 15.4. The van der Waals surface area contributed by atoms with Crippen molar-refractivity contribution < 1.29 is 4.79 Å². The van der Waals surface area contributed by atoms with E-state index in [1.165, 1.54) is 6.42 Å². The number of nitrogens with zero attached hydrogens (tertiary/aromatic N) is 1. The highest BCUT2D eigenvalue weighted by molar-refractivity contribution is 7.80. The highest BCUT2D eigenvalue weighted by Gasteiger charge is 2.33. The number of likely N-dealkylation sites (tertiary alicyclic amines) is 1. The lowest BCUT2D eigenvalue weighted by atomic mass is 9.90. The third-order valence-corrected chi connectivity index (χ3v) is 4.34. The van der Waals surface area contributed by atoms with Gasteiger partial charge in [0.15, 0.2) is 0 Å². The molecule has 0 radical (unpaired) electrons. The van der Waals surface area contributed by atoms with Crippen molar-refractivity contribution in [1.29, 1.82) is 0 Å². The van der Waals surface area contributed by atoms with Gasteiger partial charge in [-0.1, -0.05) is 38.9 Å². The summed E-state index contributed by atoms with van der Waals surface area (Å²) in [5, 5.41) is 0. The van der Waals surface area contributed by atoms with Crippen LogP contribution in [-0.2, 0) is 4.79 Å². The highest BCUT2D eigenvalue weighted by Crippen LogP contribution is 2.26. The van der Waals surface area contributed by atoms with Crippen LogP contribution >= 0.6 is 12.2 Å². The molecule has 1 aliphatic heterocycles. The van der Waals surface area contributed by atoms with Gasteiger partial charge in [-0.2, -0.15) is 0 Å². The van der Waals surface area contributed by atoms with Gasteiger partial charge < -0.3 is 10.6 Å². The van der Waals surface area contributed by atoms with Crippen molar-refractivity contribution in [3.63, 3.8) is 0 Å². The van der Waals surface area contributed by atoms with E-state index in [0.717, 1.165) is 32.2 Å². The Balaban J connectivity index is 2.75. The summed E-state index contributed by atoms with van der Waals surface area (Å²) in [7, 11) is 0. The fourth-order valence-corrected chi connectivity index (χ4v) is 2.92. The molecule has 4 heteroatoms. The van der Waals surface area contributed by atoms with E-state index in [-0.39, 0.29) is 11.8 Å². The summed E-state index contributed by atoms with van der Waals surface area (Å²) in [5.74, 6) is 0.525. The summed E-state index contributed by atoms with van der Waals surface area (Å²) in [5.41, 5.74) is 5.73. The maximum atomic E-state index is 12.6. The molecule has 0 aromatic carbocycles. The van der Waals surface area contributed by atoms with Gasteiger partial charge in [0.2, 0.25) is 5.91 Å². The maximum Gasteiger partial charge on any atom is 0.232 e. The smallest absolute Gasteiger partial charge is 0.232 e.